The van der Waals surface area contributed by atoms with Crippen LogP contribution in [0.15, 0.2) is 11.0 Å². The molecule has 0 aliphatic rings. The van der Waals surface area contributed by atoms with Gasteiger partial charge in [0.05, 0.1) is 5.56 Å². The van der Waals surface area contributed by atoms with Crippen molar-refractivity contribution in [2.24, 2.45) is 0 Å². The summed E-state index contributed by atoms with van der Waals surface area (Å²) in [6.07, 6.45) is 1.48. The Labute approximate surface area is 84.7 Å². The van der Waals surface area contributed by atoms with Gasteiger partial charge in [0, 0.05) is 13.2 Å². The van der Waals surface area contributed by atoms with Gasteiger partial charge in [-0.15, -0.1) is 0 Å². The van der Waals surface area contributed by atoms with E-state index < -0.39 is 0 Å². The second kappa shape index (κ2) is 3.23. The Morgan fingerprint density at radius 2 is 2.27 bits per heavy atom. The predicted molar refractivity (Wildman–Crippen MR) is 54.8 cm³/mol. The fraction of sp³-hybridized carbons (Fsp3) is 0.222. The molecule has 0 saturated heterocycles. The summed E-state index contributed by atoms with van der Waals surface area (Å²) in [4.78, 5) is 32.3. The molecule has 78 valence electrons. The Morgan fingerprint density at radius 1 is 1.53 bits per heavy atom. The molecule has 1 amide bonds. The van der Waals surface area contributed by atoms with Gasteiger partial charge >= 0.3 is 0 Å². The third kappa shape index (κ3) is 1.39. The molecule has 15 heavy (non-hydrogen) atoms. The van der Waals surface area contributed by atoms with Crippen LogP contribution in [0.1, 0.15) is 16.2 Å². The highest BCUT2D eigenvalue weighted by Crippen LogP contribution is 2.11. The topological polar surface area (TPSA) is 90.6 Å². The van der Waals surface area contributed by atoms with Crippen molar-refractivity contribution in [1.29, 1.82) is 0 Å². The van der Waals surface area contributed by atoms with E-state index in [1.165, 1.54) is 13.2 Å². The summed E-state index contributed by atoms with van der Waals surface area (Å²) in [5.41, 5.74) is 0.823. The van der Waals surface area contributed by atoms with E-state index in [-0.39, 0.29) is 11.5 Å². The highest BCUT2D eigenvalue weighted by atomic mass is 16.1. The van der Waals surface area contributed by atoms with Crippen molar-refractivity contribution < 1.29 is 4.79 Å². The fourth-order valence-electron chi connectivity index (χ4n) is 1.44. The summed E-state index contributed by atoms with van der Waals surface area (Å²) < 4.78 is 0. The van der Waals surface area contributed by atoms with Crippen LogP contribution >= 0.6 is 0 Å². The number of carbonyl (C=O) groups is 1. The summed E-state index contributed by atoms with van der Waals surface area (Å²) in [6, 6.07) is 0. The molecule has 2 rings (SSSR count). The molecule has 0 aliphatic carbocycles. The molecule has 0 spiro atoms. The molecule has 0 saturated carbocycles. The van der Waals surface area contributed by atoms with Crippen LogP contribution in [0, 0.1) is 6.92 Å². The maximum absolute atomic E-state index is 11.5. The number of nitrogens with zero attached hydrogens (tertiary/aromatic N) is 1. The maximum Gasteiger partial charge on any atom is 0.275 e. The van der Waals surface area contributed by atoms with Crippen molar-refractivity contribution in [3.05, 3.63) is 27.9 Å². The summed E-state index contributed by atoms with van der Waals surface area (Å²) in [5, 5.41) is 2.49. The van der Waals surface area contributed by atoms with Crippen molar-refractivity contribution in [1.82, 2.24) is 20.3 Å². The third-order valence-corrected chi connectivity index (χ3v) is 2.13. The quantitative estimate of drug-likeness (QED) is 0.609. The van der Waals surface area contributed by atoms with Gasteiger partial charge in [0.1, 0.15) is 16.9 Å². The number of hydrogen-bond donors (Lipinski definition) is 3. The van der Waals surface area contributed by atoms with E-state index in [4.69, 9.17) is 0 Å². The minimum atomic E-state index is -0.271. The largest absolute Gasteiger partial charge is 0.355 e. The molecule has 0 bridgehead atoms. The molecule has 0 fully saturated rings. The predicted octanol–water partition coefficient (Wildman–Crippen LogP) is -0.0808. The number of fused-ring (bicyclic) bond motifs is 1. The van der Waals surface area contributed by atoms with Gasteiger partial charge in [-0.3, -0.25) is 9.59 Å². The van der Waals surface area contributed by atoms with Gasteiger partial charge in [0.15, 0.2) is 0 Å². The second-order valence-electron chi connectivity index (χ2n) is 3.16. The summed E-state index contributed by atoms with van der Waals surface area (Å²) in [5.74, 6) is 0.219. The molecule has 0 atom stereocenters. The summed E-state index contributed by atoms with van der Waals surface area (Å²) >= 11 is 0. The second-order valence-corrected chi connectivity index (χ2v) is 3.16. The van der Waals surface area contributed by atoms with Crippen LogP contribution in [-0.2, 0) is 0 Å². The lowest BCUT2D eigenvalue weighted by atomic mass is 10.2. The summed E-state index contributed by atoms with van der Waals surface area (Å²) in [6.45, 7) is 1.67. The van der Waals surface area contributed by atoms with Gasteiger partial charge in [-0.1, -0.05) is 0 Å². The SMILES string of the molecule is CNC(=O)c1c[nH]c2c(=O)[nH]c(C)nc12. The van der Waals surface area contributed by atoms with E-state index in [1.807, 2.05) is 0 Å². The number of aryl methyl sites for hydroxylation is 1. The Hall–Kier alpha value is -2.11. The molecule has 2 aromatic rings. The van der Waals surface area contributed by atoms with Gasteiger partial charge in [0.2, 0.25) is 0 Å². The molecule has 6 heteroatoms. The lowest BCUT2D eigenvalue weighted by molar-refractivity contribution is 0.0964. The van der Waals surface area contributed by atoms with Gasteiger partial charge in [-0.25, -0.2) is 4.98 Å². The molecular weight excluding hydrogens is 196 g/mol. The highest BCUT2D eigenvalue weighted by molar-refractivity contribution is 6.04. The van der Waals surface area contributed by atoms with Gasteiger partial charge < -0.3 is 15.3 Å². The summed E-state index contributed by atoms with van der Waals surface area (Å²) in [7, 11) is 1.53. The normalized spacial score (nSPS) is 10.5. The van der Waals surface area contributed by atoms with Crippen molar-refractivity contribution in [2.45, 2.75) is 6.92 Å². The Balaban J connectivity index is 2.80. The monoisotopic (exact) mass is 206 g/mol. The molecule has 2 heterocycles. The lowest BCUT2D eigenvalue weighted by Crippen LogP contribution is -2.18. The van der Waals surface area contributed by atoms with Crippen LogP contribution in [0.5, 0.6) is 0 Å². The molecule has 0 aromatic carbocycles. The first-order chi connectivity index (χ1) is 7.13. The van der Waals surface area contributed by atoms with Crippen molar-refractivity contribution in [3.8, 4) is 0 Å². The van der Waals surface area contributed by atoms with Crippen LogP contribution in [0.2, 0.25) is 0 Å². The highest BCUT2D eigenvalue weighted by Gasteiger charge is 2.13. The molecule has 2 aromatic heterocycles. The average molecular weight is 206 g/mol. The van der Waals surface area contributed by atoms with E-state index in [0.717, 1.165) is 0 Å². The zero-order valence-corrected chi connectivity index (χ0v) is 8.34. The number of hydrogen-bond acceptors (Lipinski definition) is 3. The van der Waals surface area contributed by atoms with Crippen LogP contribution in [0.3, 0.4) is 0 Å². The first-order valence-electron chi connectivity index (χ1n) is 4.43. The van der Waals surface area contributed by atoms with Gasteiger partial charge in [-0.2, -0.15) is 0 Å². The van der Waals surface area contributed by atoms with Crippen molar-refractivity contribution >= 4 is 16.9 Å². The number of amides is 1. The van der Waals surface area contributed by atoms with Gasteiger partial charge in [-0.05, 0) is 6.92 Å². The zero-order chi connectivity index (χ0) is 11.0. The lowest BCUT2D eigenvalue weighted by Gasteiger charge is -1.97. The smallest absolute Gasteiger partial charge is 0.275 e. The molecule has 6 nitrogen and oxygen atoms in total. The van der Waals surface area contributed by atoms with E-state index in [2.05, 4.69) is 20.3 Å². The minimum Gasteiger partial charge on any atom is -0.355 e. The average Bonchev–Trinajstić information content (AvgIpc) is 2.60. The molecule has 0 radical (unpaired) electrons. The van der Waals surface area contributed by atoms with E-state index in [0.29, 0.717) is 22.4 Å². The standard InChI is InChI=1S/C9H10N4O2/c1-4-12-6-5(8(14)10-2)3-11-7(6)9(15)13-4/h3,11H,1-2H3,(H,10,14)(H,12,13,15). The van der Waals surface area contributed by atoms with E-state index in [9.17, 15) is 9.59 Å². The molecule has 0 aliphatic heterocycles. The fourth-order valence-corrected chi connectivity index (χ4v) is 1.44. The first-order valence-corrected chi connectivity index (χ1v) is 4.43. The third-order valence-electron chi connectivity index (χ3n) is 2.13. The van der Waals surface area contributed by atoms with Crippen LogP contribution in [-0.4, -0.2) is 27.9 Å². The number of carbonyl (C=O) groups excluding carboxylic acids is 1. The first kappa shape index (κ1) is 9.45. The Morgan fingerprint density at radius 3 is 2.93 bits per heavy atom. The maximum atomic E-state index is 11.5. The van der Waals surface area contributed by atoms with Gasteiger partial charge in [0.25, 0.3) is 11.5 Å². The van der Waals surface area contributed by atoms with Crippen LogP contribution in [0.25, 0.3) is 11.0 Å². The van der Waals surface area contributed by atoms with E-state index >= 15 is 0 Å². The number of rotatable bonds is 1. The molecular formula is C9H10N4O2. The van der Waals surface area contributed by atoms with Crippen molar-refractivity contribution in [3.63, 3.8) is 0 Å². The number of H-pyrrole nitrogens is 2. The number of aromatic nitrogens is 3. The zero-order valence-electron chi connectivity index (χ0n) is 8.34. The Kier molecular flexibility index (Phi) is 2.03. The van der Waals surface area contributed by atoms with E-state index in [1.54, 1.807) is 6.92 Å². The number of nitrogens with one attached hydrogen (secondary N) is 3. The minimum absolute atomic E-state index is 0.265. The van der Waals surface area contributed by atoms with Crippen molar-refractivity contribution in [2.75, 3.05) is 7.05 Å². The molecule has 3 N–H and O–H groups in total. The molecule has 0 unspecified atom stereocenters. The van der Waals surface area contributed by atoms with Crippen LogP contribution < -0.4 is 10.9 Å². The Bertz CT molecular complexity index is 581. The van der Waals surface area contributed by atoms with Crippen LogP contribution in [0.4, 0.5) is 0 Å². The number of aromatic amines is 2.